The molecular formula is C21H29N7O. The minimum Gasteiger partial charge on any atom is -0.379 e. The summed E-state index contributed by atoms with van der Waals surface area (Å²) >= 11 is 0. The number of morpholine rings is 1. The number of guanidine groups is 1. The average Bonchev–Trinajstić information content (AvgIpc) is 2.81. The minimum absolute atomic E-state index is 0.220. The van der Waals surface area contributed by atoms with Crippen LogP contribution in [0.25, 0.3) is 0 Å². The standard InChI is InChI=1S/C21H29N7O/c22-20(27-9-11-28(12-10-27)21-23-7-4-8-24-21)25-17-19(18-5-2-1-3-6-18)26-13-15-29-16-14-26/h1-8,19H,9-17H2,(H2,22,25). The molecule has 2 fully saturated rings. The summed E-state index contributed by atoms with van der Waals surface area (Å²) in [4.78, 5) is 20.2. The van der Waals surface area contributed by atoms with Gasteiger partial charge in [0.2, 0.25) is 5.95 Å². The first-order valence-corrected chi connectivity index (χ1v) is 10.2. The molecule has 0 aliphatic carbocycles. The Labute approximate surface area is 172 Å². The highest BCUT2D eigenvalue weighted by Crippen LogP contribution is 2.22. The van der Waals surface area contributed by atoms with Gasteiger partial charge in [0.1, 0.15) is 0 Å². The maximum Gasteiger partial charge on any atom is 0.225 e. The Hall–Kier alpha value is -2.71. The van der Waals surface area contributed by atoms with Gasteiger partial charge in [0.25, 0.3) is 0 Å². The van der Waals surface area contributed by atoms with Crippen molar-refractivity contribution in [1.82, 2.24) is 19.8 Å². The Morgan fingerprint density at radius 1 is 0.966 bits per heavy atom. The van der Waals surface area contributed by atoms with E-state index < -0.39 is 0 Å². The third-order valence-corrected chi connectivity index (χ3v) is 5.54. The van der Waals surface area contributed by atoms with Gasteiger partial charge in [-0.15, -0.1) is 0 Å². The SMILES string of the molecule is NC(=NCC(c1ccccc1)N1CCOCC1)N1CCN(c2ncccn2)CC1. The van der Waals surface area contributed by atoms with Crippen LogP contribution in [0.2, 0.25) is 0 Å². The number of aliphatic imine (C=N–C) groups is 1. The van der Waals surface area contributed by atoms with Gasteiger partial charge in [-0.1, -0.05) is 30.3 Å². The van der Waals surface area contributed by atoms with Crippen molar-refractivity contribution >= 4 is 11.9 Å². The Morgan fingerprint density at radius 3 is 2.34 bits per heavy atom. The van der Waals surface area contributed by atoms with Gasteiger partial charge in [-0.05, 0) is 11.6 Å². The summed E-state index contributed by atoms with van der Waals surface area (Å²) in [5.41, 5.74) is 7.65. The van der Waals surface area contributed by atoms with E-state index in [1.165, 1.54) is 5.56 Å². The summed E-state index contributed by atoms with van der Waals surface area (Å²) < 4.78 is 5.53. The lowest BCUT2D eigenvalue weighted by molar-refractivity contribution is 0.0179. The zero-order valence-electron chi connectivity index (χ0n) is 16.7. The predicted molar refractivity (Wildman–Crippen MR) is 114 cm³/mol. The minimum atomic E-state index is 0.220. The molecule has 29 heavy (non-hydrogen) atoms. The zero-order chi connectivity index (χ0) is 19.9. The second-order valence-electron chi connectivity index (χ2n) is 7.30. The molecule has 8 heteroatoms. The van der Waals surface area contributed by atoms with Crippen LogP contribution in [0.15, 0.2) is 53.8 Å². The van der Waals surface area contributed by atoms with E-state index in [2.05, 4.69) is 48.9 Å². The number of hydrogen-bond donors (Lipinski definition) is 1. The second kappa shape index (κ2) is 9.67. The van der Waals surface area contributed by atoms with Crippen molar-refractivity contribution in [2.75, 3.05) is 63.9 Å². The quantitative estimate of drug-likeness (QED) is 0.597. The van der Waals surface area contributed by atoms with Crippen LogP contribution >= 0.6 is 0 Å². The number of ether oxygens (including phenoxy) is 1. The Balaban J connectivity index is 1.38. The third kappa shape index (κ3) is 5.02. The molecule has 2 aliphatic rings. The van der Waals surface area contributed by atoms with Crippen molar-refractivity contribution in [2.45, 2.75) is 6.04 Å². The Morgan fingerprint density at radius 2 is 1.66 bits per heavy atom. The van der Waals surface area contributed by atoms with Crippen LogP contribution in [0.4, 0.5) is 5.95 Å². The van der Waals surface area contributed by atoms with Crippen molar-refractivity contribution in [3.05, 3.63) is 54.4 Å². The number of benzene rings is 1. The summed E-state index contributed by atoms with van der Waals surface area (Å²) in [5, 5.41) is 0. The zero-order valence-corrected chi connectivity index (χ0v) is 16.7. The highest BCUT2D eigenvalue weighted by molar-refractivity contribution is 5.78. The maximum atomic E-state index is 6.37. The summed E-state index contributed by atoms with van der Waals surface area (Å²) in [6.45, 7) is 7.35. The van der Waals surface area contributed by atoms with Crippen LogP contribution in [0.1, 0.15) is 11.6 Å². The number of nitrogens with zero attached hydrogens (tertiary/aromatic N) is 6. The topological polar surface area (TPSA) is 83.1 Å². The molecule has 4 rings (SSSR count). The summed E-state index contributed by atoms with van der Waals surface area (Å²) in [6, 6.07) is 12.6. The molecule has 0 bridgehead atoms. The highest BCUT2D eigenvalue weighted by Gasteiger charge is 2.24. The van der Waals surface area contributed by atoms with E-state index in [9.17, 15) is 0 Å². The molecule has 0 amide bonds. The van der Waals surface area contributed by atoms with E-state index >= 15 is 0 Å². The number of aromatic nitrogens is 2. The monoisotopic (exact) mass is 395 g/mol. The molecule has 0 radical (unpaired) electrons. The number of hydrogen-bond acceptors (Lipinski definition) is 6. The molecule has 1 aromatic carbocycles. The van der Waals surface area contributed by atoms with E-state index in [0.29, 0.717) is 12.5 Å². The van der Waals surface area contributed by atoms with E-state index in [4.69, 9.17) is 15.5 Å². The molecule has 2 N–H and O–H groups in total. The smallest absolute Gasteiger partial charge is 0.225 e. The molecule has 2 aromatic rings. The third-order valence-electron chi connectivity index (χ3n) is 5.54. The van der Waals surface area contributed by atoms with Crippen LogP contribution < -0.4 is 10.6 Å². The first-order chi connectivity index (χ1) is 14.3. The average molecular weight is 396 g/mol. The number of piperazine rings is 1. The lowest BCUT2D eigenvalue weighted by Crippen LogP contribution is -2.51. The van der Waals surface area contributed by atoms with Crippen molar-refractivity contribution < 1.29 is 4.74 Å². The molecule has 2 aliphatic heterocycles. The van der Waals surface area contributed by atoms with Gasteiger partial charge >= 0.3 is 0 Å². The van der Waals surface area contributed by atoms with E-state index in [1.807, 2.05) is 12.1 Å². The van der Waals surface area contributed by atoms with Crippen LogP contribution in [0, 0.1) is 0 Å². The van der Waals surface area contributed by atoms with Gasteiger partial charge in [-0.2, -0.15) is 0 Å². The van der Waals surface area contributed by atoms with E-state index in [1.54, 1.807) is 12.4 Å². The van der Waals surface area contributed by atoms with Gasteiger partial charge in [0, 0.05) is 51.7 Å². The van der Waals surface area contributed by atoms with E-state index in [-0.39, 0.29) is 6.04 Å². The fourth-order valence-electron chi connectivity index (χ4n) is 3.87. The lowest BCUT2D eigenvalue weighted by atomic mass is 10.1. The van der Waals surface area contributed by atoms with Gasteiger partial charge < -0.3 is 20.3 Å². The molecule has 8 nitrogen and oxygen atoms in total. The first-order valence-electron chi connectivity index (χ1n) is 10.2. The molecule has 2 saturated heterocycles. The van der Waals surface area contributed by atoms with Crippen LogP contribution in [-0.2, 0) is 4.74 Å². The number of rotatable bonds is 5. The van der Waals surface area contributed by atoms with Crippen LogP contribution in [-0.4, -0.2) is 84.8 Å². The normalized spacial score (nSPS) is 19.9. The molecule has 0 spiro atoms. The number of anilines is 1. The van der Waals surface area contributed by atoms with Crippen molar-refractivity contribution in [3.8, 4) is 0 Å². The summed E-state index contributed by atoms with van der Waals surface area (Å²) in [5.74, 6) is 1.40. The van der Waals surface area contributed by atoms with Crippen molar-refractivity contribution in [2.24, 2.45) is 10.7 Å². The van der Waals surface area contributed by atoms with Gasteiger partial charge in [0.15, 0.2) is 5.96 Å². The van der Waals surface area contributed by atoms with Gasteiger partial charge in [0.05, 0.1) is 25.8 Å². The maximum absolute atomic E-state index is 6.37. The molecule has 3 heterocycles. The van der Waals surface area contributed by atoms with Gasteiger partial charge in [-0.25, -0.2) is 9.97 Å². The Kier molecular flexibility index (Phi) is 6.53. The molecular weight excluding hydrogens is 366 g/mol. The second-order valence-corrected chi connectivity index (χ2v) is 7.30. The van der Waals surface area contributed by atoms with Crippen LogP contribution in [0.3, 0.4) is 0 Å². The fraction of sp³-hybridized carbons (Fsp3) is 0.476. The number of nitrogens with two attached hydrogens (primary N) is 1. The lowest BCUT2D eigenvalue weighted by Gasteiger charge is -2.36. The summed E-state index contributed by atoms with van der Waals surface area (Å²) in [6.07, 6.45) is 3.56. The van der Waals surface area contributed by atoms with Gasteiger partial charge in [-0.3, -0.25) is 9.89 Å². The molecule has 0 saturated carbocycles. The molecule has 1 aromatic heterocycles. The van der Waals surface area contributed by atoms with Crippen molar-refractivity contribution in [1.29, 1.82) is 0 Å². The molecule has 1 unspecified atom stereocenters. The molecule has 154 valence electrons. The summed E-state index contributed by atoms with van der Waals surface area (Å²) in [7, 11) is 0. The Bertz CT molecular complexity index is 772. The predicted octanol–water partition coefficient (Wildman–Crippen LogP) is 0.987. The first kappa shape index (κ1) is 19.6. The fourth-order valence-corrected chi connectivity index (χ4v) is 3.87. The highest BCUT2D eigenvalue weighted by atomic mass is 16.5. The van der Waals surface area contributed by atoms with Crippen molar-refractivity contribution in [3.63, 3.8) is 0 Å². The van der Waals surface area contributed by atoms with Crippen LogP contribution in [0.5, 0.6) is 0 Å². The molecule has 1 atom stereocenters. The van der Waals surface area contributed by atoms with E-state index in [0.717, 1.165) is 58.4 Å². The largest absolute Gasteiger partial charge is 0.379 e.